The highest BCUT2D eigenvalue weighted by Crippen LogP contribution is 2.65. The molecule has 0 amide bonds. The third kappa shape index (κ3) is 2.23. The van der Waals surface area contributed by atoms with Gasteiger partial charge in [-0.2, -0.15) is 0 Å². The summed E-state index contributed by atoms with van der Waals surface area (Å²) < 4.78 is 5.88. The average molecular weight is 330 g/mol. The Morgan fingerprint density at radius 3 is 2.62 bits per heavy atom. The third-order valence-electron chi connectivity index (χ3n) is 8.20. The van der Waals surface area contributed by atoms with E-state index in [1.165, 1.54) is 24.8 Å². The van der Waals surface area contributed by atoms with E-state index in [9.17, 15) is 9.59 Å². The zero-order chi connectivity index (χ0) is 17.1. The van der Waals surface area contributed by atoms with Gasteiger partial charge < -0.3 is 4.74 Å². The van der Waals surface area contributed by atoms with Crippen molar-refractivity contribution in [3.63, 3.8) is 0 Å². The van der Waals surface area contributed by atoms with Crippen LogP contribution in [-0.2, 0) is 14.3 Å². The molecule has 132 valence electrons. The Bertz CT molecular complexity index is 606. The van der Waals surface area contributed by atoms with Crippen LogP contribution in [0, 0.1) is 29.1 Å². The van der Waals surface area contributed by atoms with Crippen LogP contribution in [0.2, 0.25) is 0 Å². The minimum Gasteiger partial charge on any atom is -0.459 e. The molecule has 3 nitrogen and oxygen atoms in total. The van der Waals surface area contributed by atoms with Crippen molar-refractivity contribution in [2.75, 3.05) is 0 Å². The molecule has 0 heterocycles. The van der Waals surface area contributed by atoms with E-state index in [0.29, 0.717) is 17.6 Å². The smallest absolute Gasteiger partial charge is 0.303 e. The molecular formula is C21H30O3. The second-order valence-electron chi connectivity index (χ2n) is 9.12. The van der Waals surface area contributed by atoms with Crippen molar-refractivity contribution >= 4 is 11.8 Å². The zero-order valence-corrected chi connectivity index (χ0v) is 15.3. The summed E-state index contributed by atoms with van der Waals surface area (Å²) in [4.78, 5) is 23.4. The monoisotopic (exact) mass is 330 g/mol. The number of ether oxygens (including phenoxy) is 1. The molecule has 0 aliphatic heterocycles. The Hall–Kier alpha value is -1.12. The molecule has 24 heavy (non-hydrogen) atoms. The quantitative estimate of drug-likeness (QED) is 0.667. The van der Waals surface area contributed by atoms with Gasteiger partial charge in [0.15, 0.2) is 5.78 Å². The largest absolute Gasteiger partial charge is 0.459 e. The van der Waals surface area contributed by atoms with E-state index in [1.54, 1.807) is 6.92 Å². The molecule has 6 atom stereocenters. The molecule has 4 rings (SSSR count). The number of carbonyl (C=O) groups is 2. The minimum absolute atomic E-state index is 0.117. The number of hydrogen-bond donors (Lipinski definition) is 0. The van der Waals surface area contributed by atoms with Crippen LogP contribution in [0.15, 0.2) is 11.6 Å². The number of fused-ring (bicyclic) bond motifs is 5. The summed E-state index contributed by atoms with van der Waals surface area (Å²) in [5.74, 6) is 3.00. The van der Waals surface area contributed by atoms with Crippen LogP contribution < -0.4 is 0 Å². The first-order valence-electron chi connectivity index (χ1n) is 9.77. The number of hydrogen-bond acceptors (Lipinski definition) is 3. The molecule has 0 spiro atoms. The Labute approximate surface area is 145 Å². The van der Waals surface area contributed by atoms with E-state index < -0.39 is 0 Å². The maximum atomic E-state index is 11.8. The summed E-state index contributed by atoms with van der Waals surface area (Å²) in [7, 11) is 0. The fraction of sp³-hybridized carbons (Fsp3) is 0.810. The lowest BCUT2D eigenvalue weighted by Gasteiger charge is -2.55. The standard InChI is InChI=1S/C21H30O3/c1-13(22)24-21(3)11-9-19-18-6-4-14-12-15(23)5-7-16(14)17(18)8-10-20(19,21)2/h12,16-19H,4-11H2,1-3H3/t16-,17+,18+,19+,20-,21-/m0/s1. The van der Waals surface area contributed by atoms with E-state index in [2.05, 4.69) is 13.8 Å². The molecule has 0 aromatic heterocycles. The fourth-order valence-electron chi connectivity index (χ4n) is 6.89. The first kappa shape index (κ1) is 16.4. The number of rotatable bonds is 1. The fourth-order valence-corrected chi connectivity index (χ4v) is 6.89. The van der Waals surface area contributed by atoms with Crippen molar-refractivity contribution in [2.45, 2.75) is 77.7 Å². The second kappa shape index (κ2) is 5.44. The van der Waals surface area contributed by atoms with Crippen LogP contribution >= 0.6 is 0 Å². The zero-order valence-electron chi connectivity index (χ0n) is 15.3. The highest BCUT2D eigenvalue weighted by molar-refractivity contribution is 5.91. The average Bonchev–Trinajstić information content (AvgIpc) is 2.77. The van der Waals surface area contributed by atoms with Gasteiger partial charge in [0.05, 0.1) is 0 Å². The maximum Gasteiger partial charge on any atom is 0.303 e. The van der Waals surface area contributed by atoms with Crippen molar-refractivity contribution in [1.29, 1.82) is 0 Å². The molecule has 0 saturated heterocycles. The van der Waals surface area contributed by atoms with Crippen molar-refractivity contribution in [3.8, 4) is 0 Å². The number of ketones is 1. The van der Waals surface area contributed by atoms with Crippen LogP contribution in [0.1, 0.15) is 72.1 Å². The lowest BCUT2D eigenvalue weighted by Crippen LogP contribution is -2.53. The molecule has 3 heteroatoms. The van der Waals surface area contributed by atoms with Crippen molar-refractivity contribution in [2.24, 2.45) is 29.1 Å². The Morgan fingerprint density at radius 2 is 1.88 bits per heavy atom. The normalized spacial score (nSPS) is 47.3. The maximum absolute atomic E-state index is 11.8. The van der Waals surface area contributed by atoms with E-state index in [0.717, 1.165) is 43.9 Å². The van der Waals surface area contributed by atoms with Crippen LogP contribution in [0.25, 0.3) is 0 Å². The van der Waals surface area contributed by atoms with Crippen LogP contribution in [0.4, 0.5) is 0 Å². The molecule has 3 saturated carbocycles. The van der Waals surface area contributed by atoms with Crippen molar-refractivity contribution in [1.82, 2.24) is 0 Å². The van der Waals surface area contributed by atoms with Crippen LogP contribution in [-0.4, -0.2) is 17.4 Å². The summed E-state index contributed by atoms with van der Waals surface area (Å²) in [6.45, 7) is 6.09. The molecule has 3 fully saturated rings. The minimum atomic E-state index is -0.298. The molecule has 0 radical (unpaired) electrons. The van der Waals surface area contributed by atoms with Gasteiger partial charge in [0.25, 0.3) is 0 Å². The van der Waals surface area contributed by atoms with Crippen LogP contribution in [0.3, 0.4) is 0 Å². The van der Waals surface area contributed by atoms with E-state index >= 15 is 0 Å². The van der Waals surface area contributed by atoms with E-state index in [1.807, 2.05) is 6.08 Å². The highest BCUT2D eigenvalue weighted by atomic mass is 16.6. The van der Waals surface area contributed by atoms with Gasteiger partial charge in [0.1, 0.15) is 5.60 Å². The highest BCUT2D eigenvalue weighted by Gasteiger charge is 2.62. The number of allylic oxidation sites excluding steroid dienone is 1. The molecule has 0 aromatic carbocycles. The van der Waals surface area contributed by atoms with E-state index in [-0.39, 0.29) is 17.0 Å². The molecule has 0 N–H and O–H groups in total. The Balaban J connectivity index is 1.61. The summed E-state index contributed by atoms with van der Waals surface area (Å²) >= 11 is 0. The van der Waals surface area contributed by atoms with E-state index in [4.69, 9.17) is 4.74 Å². The Morgan fingerprint density at radius 1 is 1.08 bits per heavy atom. The summed E-state index contributed by atoms with van der Waals surface area (Å²) in [5.41, 5.74) is 1.26. The van der Waals surface area contributed by atoms with Gasteiger partial charge in [-0.1, -0.05) is 12.5 Å². The van der Waals surface area contributed by atoms with Gasteiger partial charge in [0.2, 0.25) is 0 Å². The SMILES string of the molecule is CC(=O)O[C@@]1(C)CC[C@@H]2[C@@H]3CCC4=CC(=O)CC[C@@H]4[C@H]3CC[C@@]21C. The number of esters is 1. The van der Waals surface area contributed by atoms with Gasteiger partial charge in [-0.15, -0.1) is 0 Å². The predicted octanol–water partition coefficient (Wildman–Crippen LogP) is 4.45. The third-order valence-corrected chi connectivity index (χ3v) is 8.20. The molecular weight excluding hydrogens is 300 g/mol. The van der Waals surface area contributed by atoms with Crippen LogP contribution in [0.5, 0.6) is 0 Å². The lowest BCUT2D eigenvalue weighted by atomic mass is 9.51. The Kier molecular flexibility index (Phi) is 3.71. The van der Waals surface area contributed by atoms with Gasteiger partial charge in [-0.25, -0.2) is 0 Å². The second-order valence-corrected chi connectivity index (χ2v) is 9.12. The summed E-state index contributed by atoms with van der Waals surface area (Å²) in [5, 5.41) is 0. The first-order valence-corrected chi connectivity index (χ1v) is 9.77. The number of carbonyl (C=O) groups excluding carboxylic acids is 2. The summed E-state index contributed by atoms with van der Waals surface area (Å²) in [6.07, 6.45) is 10.7. The van der Waals surface area contributed by atoms with Gasteiger partial charge in [-0.05, 0) is 81.6 Å². The molecule has 0 unspecified atom stereocenters. The molecule has 0 bridgehead atoms. The lowest BCUT2D eigenvalue weighted by molar-refractivity contribution is -0.176. The molecule has 4 aliphatic rings. The first-order chi connectivity index (χ1) is 11.3. The van der Waals surface area contributed by atoms with Crippen molar-refractivity contribution in [3.05, 3.63) is 11.6 Å². The summed E-state index contributed by atoms with van der Waals surface area (Å²) in [6, 6.07) is 0. The molecule has 0 aromatic rings. The molecule has 4 aliphatic carbocycles. The predicted molar refractivity (Wildman–Crippen MR) is 92.3 cm³/mol. The topological polar surface area (TPSA) is 43.4 Å². The van der Waals surface area contributed by atoms with Gasteiger partial charge >= 0.3 is 5.97 Å². The van der Waals surface area contributed by atoms with Gasteiger partial charge in [0, 0.05) is 18.8 Å². The van der Waals surface area contributed by atoms with Crippen molar-refractivity contribution < 1.29 is 14.3 Å². The van der Waals surface area contributed by atoms with Gasteiger partial charge in [-0.3, -0.25) is 9.59 Å².